The van der Waals surface area contributed by atoms with Gasteiger partial charge in [-0.3, -0.25) is 0 Å². The Morgan fingerprint density at radius 2 is 1.67 bits per heavy atom. The van der Waals surface area contributed by atoms with E-state index in [4.69, 9.17) is 25.8 Å². The van der Waals surface area contributed by atoms with Crippen molar-refractivity contribution in [2.75, 3.05) is 14.2 Å². The molecule has 0 aliphatic heterocycles. The van der Waals surface area contributed by atoms with E-state index in [-0.39, 0.29) is 0 Å². The number of hydrogen-bond acceptors (Lipinski definition) is 4. The third-order valence-corrected chi connectivity index (χ3v) is 3.22. The van der Waals surface area contributed by atoms with Crippen LogP contribution >= 0.6 is 11.6 Å². The smallest absolute Gasteiger partial charge is 0.343 e. The van der Waals surface area contributed by atoms with Crippen molar-refractivity contribution in [2.24, 2.45) is 0 Å². The molecule has 0 unspecified atom stereocenters. The second-order valence-corrected chi connectivity index (χ2v) is 4.80. The molecule has 21 heavy (non-hydrogen) atoms. The molecule has 0 radical (unpaired) electrons. The van der Waals surface area contributed by atoms with E-state index in [1.54, 1.807) is 30.3 Å². The lowest BCUT2D eigenvalue weighted by Crippen LogP contribution is -2.09. The maximum absolute atomic E-state index is 12.2. The van der Waals surface area contributed by atoms with E-state index >= 15 is 0 Å². The van der Waals surface area contributed by atoms with Gasteiger partial charge >= 0.3 is 5.97 Å². The van der Waals surface area contributed by atoms with Gasteiger partial charge in [-0.1, -0.05) is 17.7 Å². The van der Waals surface area contributed by atoms with Crippen molar-refractivity contribution < 1.29 is 19.0 Å². The summed E-state index contributed by atoms with van der Waals surface area (Å²) in [4.78, 5) is 12.2. The first kappa shape index (κ1) is 15.2. The maximum Gasteiger partial charge on any atom is 0.343 e. The zero-order valence-corrected chi connectivity index (χ0v) is 12.7. The van der Waals surface area contributed by atoms with Crippen molar-refractivity contribution in [3.63, 3.8) is 0 Å². The lowest BCUT2D eigenvalue weighted by molar-refractivity contribution is 0.0734. The molecule has 0 aromatic heterocycles. The first-order valence-electron chi connectivity index (χ1n) is 6.25. The van der Waals surface area contributed by atoms with Crippen LogP contribution in [0.5, 0.6) is 17.2 Å². The van der Waals surface area contributed by atoms with Gasteiger partial charge < -0.3 is 14.2 Å². The molecule has 2 aromatic rings. The molecule has 0 N–H and O–H groups in total. The van der Waals surface area contributed by atoms with Crippen molar-refractivity contribution in [1.82, 2.24) is 0 Å². The van der Waals surface area contributed by atoms with Crippen LogP contribution in [0, 0.1) is 6.92 Å². The summed E-state index contributed by atoms with van der Waals surface area (Å²) in [5.74, 6) is 0.824. The summed E-state index contributed by atoms with van der Waals surface area (Å²) in [6.07, 6.45) is 0. The van der Waals surface area contributed by atoms with Crippen molar-refractivity contribution in [2.45, 2.75) is 6.92 Å². The fraction of sp³-hybridized carbons (Fsp3) is 0.188. The Bertz CT molecular complexity index is 667. The summed E-state index contributed by atoms with van der Waals surface area (Å²) in [6, 6.07) is 10.1. The van der Waals surface area contributed by atoms with E-state index < -0.39 is 5.97 Å². The number of halogens is 1. The number of hydrogen-bond donors (Lipinski definition) is 0. The largest absolute Gasteiger partial charge is 0.493 e. The highest BCUT2D eigenvalue weighted by Crippen LogP contribution is 2.29. The van der Waals surface area contributed by atoms with Crippen LogP contribution in [0.15, 0.2) is 36.4 Å². The molecule has 2 aromatic carbocycles. The summed E-state index contributed by atoms with van der Waals surface area (Å²) in [5.41, 5.74) is 1.31. The van der Waals surface area contributed by atoms with Gasteiger partial charge in [0.15, 0.2) is 11.5 Å². The molecular weight excluding hydrogens is 292 g/mol. The first-order chi connectivity index (χ1) is 10.0. The predicted molar refractivity (Wildman–Crippen MR) is 80.7 cm³/mol. The van der Waals surface area contributed by atoms with Crippen LogP contribution in [0.3, 0.4) is 0 Å². The van der Waals surface area contributed by atoms with Crippen LogP contribution in [0.4, 0.5) is 0 Å². The van der Waals surface area contributed by atoms with Crippen LogP contribution in [-0.4, -0.2) is 20.2 Å². The molecule has 0 amide bonds. The van der Waals surface area contributed by atoms with E-state index in [9.17, 15) is 4.79 Å². The molecule has 2 rings (SSSR count). The van der Waals surface area contributed by atoms with Crippen molar-refractivity contribution in [3.8, 4) is 17.2 Å². The van der Waals surface area contributed by atoms with Gasteiger partial charge in [-0.25, -0.2) is 4.79 Å². The van der Waals surface area contributed by atoms with Gasteiger partial charge in [0.25, 0.3) is 0 Å². The molecule has 0 aliphatic rings. The number of carbonyl (C=O) groups is 1. The van der Waals surface area contributed by atoms with Crippen molar-refractivity contribution in [1.29, 1.82) is 0 Å². The zero-order valence-electron chi connectivity index (χ0n) is 12.0. The van der Waals surface area contributed by atoms with Gasteiger partial charge in [0.1, 0.15) is 5.75 Å². The van der Waals surface area contributed by atoms with E-state index in [2.05, 4.69) is 0 Å². The molecule has 5 heteroatoms. The third kappa shape index (κ3) is 3.47. The Kier molecular flexibility index (Phi) is 4.70. The number of esters is 1. The number of methoxy groups -OCH3 is 2. The Labute approximate surface area is 128 Å². The number of rotatable bonds is 4. The quantitative estimate of drug-likeness (QED) is 0.635. The highest BCUT2D eigenvalue weighted by molar-refractivity contribution is 6.32. The fourth-order valence-electron chi connectivity index (χ4n) is 1.81. The molecule has 0 bridgehead atoms. The normalized spacial score (nSPS) is 10.1. The molecule has 0 saturated carbocycles. The minimum atomic E-state index is -0.511. The van der Waals surface area contributed by atoms with Crippen molar-refractivity contribution in [3.05, 3.63) is 52.5 Å². The number of carbonyl (C=O) groups excluding carboxylic acids is 1. The Hall–Kier alpha value is -2.20. The monoisotopic (exact) mass is 306 g/mol. The minimum absolute atomic E-state index is 0.330. The average molecular weight is 307 g/mol. The third-order valence-electron chi connectivity index (χ3n) is 2.91. The van der Waals surface area contributed by atoms with Gasteiger partial charge in [-0.15, -0.1) is 0 Å². The second kappa shape index (κ2) is 6.50. The topological polar surface area (TPSA) is 44.8 Å². The predicted octanol–water partition coefficient (Wildman–Crippen LogP) is 3.88. The summed E-state index contributed by atoms with van der Waals surface area (Å²) >= 11 is 6.01. The number of aryl methyl sites for hydroxylation is 1. The van der Waals surface area contributed by atoms with Gasteiger partial charge in [0.2, 0.25) is 0 Å². The zero-order chi connectivity index (χ0) is 15.4. The fourth-order valence-corrected chi connectivity index (χ4v) is 1.97. The minimum Gasteiger partial charge on any atom is -0.493 e. The summed E-state index contributed by atoms with van der Waals surface area (Å²) in [5, 5.41) is 0.384. The number of ether oxygens (including phenoxy) is 3. The lowest BCUT2D eigenvalue weighted by Gasteiger charge is -2.10. The number of benzene rings is 2. The summed E-state index contributed by atoms with van der Waals surface area (Å²) in [7, 11) is 3.03. The van der Waals surface area contributed by atoms with Crippen LogP contribution in [0.25, 0.3) is 0 Å². The van der Waals surface area contributed by atoms with E-state index in [1.165, 1.54) is 14.2 Å². The molecule has 0 spiro atoms. The molecule has 110 valence electrons. The Morgan fingerprint density at radius 3 is 2.33 bits per heavy atom. The molecule has 4 nitrogen and oxygen atoms in total. The standard InChI is InChI=1S/C16H15ClO4/c1-10-4-6-12(17)14(8-10)21-16(18)11-5-7-13(19-2)15(9-11)20-3/h4-9H,1-3H3. The first-order valence-corrected chi connectivity index (χ1v) is 6.63. The molecule has 0 atom stereocenters. The highest BCUT2D eigenvalue weighted by atomic mass is 35.5. The molecular formula is C16H15ClO4. The van der Waals surface area contributed by atoms with E-state index in [0.717, 1.165) is 5.56 Å². The summed E-state index contributed by atoms with van der Waals surface area (Å²) < 4.78 is 15.6. The maximum atomic E-state index is 12.2. The Balaban J connectivity index is 2.26. The van der Waals surface area contributed by atoms with Crippen LogP contribution in [-0.2, 0) is 0 Å². The average Bonchev–Trinajstić information content (AvgIpc) is 2.50. The Morgan fingerprint density at radius 1 is 0.952 bits per heavy atom. The van der Waals surface area contributed by atoms with Gasteiger partial charge in [-0.05, 0) is 42.8 Å². The highest BCUT2D eigenvalue weighted by Gasteiger charge is 2.14. The second-order valence-electron chi connectivity index (χ2n) is 4.39. The van der Waals surface area contributed by atoms with E-state index in [0.29, 0.717) is 27.8 Å². The van der Waals surface area contributed by atoms with Gasteiger partial charge in [0.05, 0.1) is 24.8 Å². The molecule has 0 heterocycles. The van der Waals surface area contributed by atoms with Crippen LogP contribution < -0.4 is 14.2 Å². The lowest BCUT2D eigenvalue weighted by atomic mass is 10.2. The SMILES string of the molecule is COc1ccc(C(=O)Oc2cc(C)ccc2Cl)cc1OC. The summed E-state index contributed by atoms with van der Waals surface area (Å²) in [6.45, 7) is 1.89. The van der Waals surface area contributed by atoms with Gasteiger partial charge in [0, 0.05) is 0 Å². The van der Waals surface area contributed by atoms with Crippen molar-refractivity contribution >= 4 is 17.6 Å². The van der Waals surface area contributed by atoms with Crippen LogP contribution in [0.2, 0.25) is 5.02 Å². The molecule has 0 fully saturated rings. The van der Waals surface area contributed by atoms with Crippen LogP contribution in [0.1, 0.15) is 15.9 Å². The molecule has 0 saturated heterocycles. The molecule has 0 aliphatic carbocycles. The van der Waals surface area contributed by atoms with Gasteiger partial charge in [-0.2, -0.15) is 0 Å². The van der Waals surface area contributed by atoms with E-state index in [1.807, 2.05) is 13.0 Å².